The molecule has 7 nitrogen and oxygen atoms in total. The molecule has 2 amide bonds. The van der Waals surface area contributed by atoms with Gasteiger partial charge in [0.05, 0.1) is 20.3 Å². The number of piperazine rings is 1. The molecule has 0 aliphatic carbocycles. The minimum Gasteiger partial charge on any atom is -0.497 e. The number of nitrogens with zero attached hydrogens (tertiary/aromatic N) is 3. The average Bonchev–Trinajstić information content (AvgIpc) is 2.69. The molecular weight excluding hydrogens is 322 g/mol. The van der Waals surface area contributed by atoms with Crippen molar-refractivity contribution in [2.45, 2.75) is 6.42 Å². The van der Waals surface area contributed by atoms with Crippen molar-refractivity contribution in [1.29, 1.82) is 0 Å². The number of amides is 2. The van der Waals surface area contributed by atoms with Gasteiger partial charge in [-0.15, -0.1) is 0 Å². The summed E-state index contributed by atoms with van der Waals surface area (Å²) in [7, 11) is 1.65. The Morgan fingerprint density at radius 3 is 2.04 bits per heavy atom. The van der Waals surface area contributed by atoms with Gasteiger partial charge in [-0.3, -0.25) is 9.59 Å². The Balaban J connectivity index is 1.47. The lowest BCUT2D eigenvalue weighted by Gasteiger charge is -2.36. The molecule has 25 heavy (non-hydrogen) atoms. The number of rotatable bonds is 4. The van der Waals surface area contributed by atoms with E-state index in [1.54, 1.807) is 16.9 Å². The summed E-state index contributed by atoms with van der Waals surface area (Å²) in [6.07, 6.45) is -0.0392. The van der Waals surface area contributed by atoms with Crippen molar-refractivity contribution in [3.05, 3.63) is 24.3 Å². The highest BCUT2D eigenvalue weighted by Crippen LogP contribution is 2.20. The van der Waals surface area contributed by atoms with Crippen LogP contribution in [0.1, 0.15) is 6.42 Å². The summed E-state index contributed by atoms with van der Waals surface area (Å²) >= 11 is 0. The van der Waals surface area contributed by atoms with Gasteiger partial charge >= 0.3 is 0 Å². The second-order valence-corrected chi connectivity index (χ2v) is 6.24. The number of hydrogen-bond donors (Lipinski definition) is 0. The van der Waals surface area contributed by atoms with Crippen LogP contribution in [0, 0.1) is 0 Å². The number of anilines is 1. The average molecular weight is 347 g/mol. The topological polar surface area (TPSA) is 62.3 Å². The van der Waals surface area contributed by atoms with Gasteiger partial charge in [-0.25, -0.2) is 0 Å². The lowest BCUT2D eigenvalue weighted by Crippen LogP contribution is -2.50. The monoisotopic (exact) mass is 347 g/mol. The number of ether oxygens (including phenoxy) is 2. The third-order valence-corrected chi connectivity index (χ3v) is 4.74. The summed E-state index contributed by atoms with van der Waals surface area (Å²) in [5, 5.41) is 0. The Labute approximate surface area is 148 Å². The molecule has 1 aromatic rings. The molecule has 2 fully saturated rings. The SMILES string of the molecule is COc1ccc(N2CCN(C(=O)CC(=O)N3CCOCC3)CC2)cc1. The normalized spacial score (nSPS) is 18.2. The summed E-state index contributed by atoms with van der Waals surface area (Å²) < 4.78 is 10.4. The van der Waals surface area contributed by atoms with Crippen LogP contribution in [0.3, 0.4) is 0 Å². The smallest absolute Gasteiger partial charge is 0.232 e. The highest BCUT2D eigenvalue weighted by atomic mass is 16.5. The van der Waals surface area contributed by atoms with Crippen molar-refractivity contribution in [3.63, 3.8) is 0 Å². The minimum atomic E-state index is -0.0918. The highest BCUT2D eigenvalue weighted by molar-refractivity contribution is 5.97. The number of methoxy groups -OCH3 is 1. The van der Waals surface area contributed by atoms with E-state index in [2.05, 4.69) is 4.90 Å². The van der Waals surface area contributed by atoms with Crippen molar-refractivity contribution in [1.82, 2.24) is 9.80 Å². The van der Waals surface area contributed by atoms with Gasteiger partial charge < -0.3 is 24.2 Å². The summed E-state index contributed by atoms with van der Waals surface area (Å²) in [5.74, 6) is 0.663. The molecule has 0 unspecified atom stereocenters. The first kappa shape index (κ1) is 17.5. The van der Waals surface area contributed by atoms with Crippen LogP contribution in [0.15, 0.2) is 24.3 Å². The van der Waals surface area contributed by atoms with Crippen molar-refractivity contribution >= 4 is 17.5 Å². The van der Waals surface area contributed by atoms with E-state index in [1.807, 2.05) is 24.3 Å². The Morgan fingerprint density at radius 2 is 1.48 bits per heavy atom. The Hall–Kier alpha value is -2.28. The van der Waals surface area contributed by atoms with Crippen molar-refractivity contribution in [2.24, 2.45) is 0 Å². The van der Waals surface area contributed by atoms with Gasteiger partial charge in [0.25, 0.3) is 0 Å². The second kappa shape index (κ2) is 8.20. The highest BCUT2D eigenvalue weighted by Gasteiger charge is 2.25. The maximum Gasteiger partial charge on any atom is 0.232 e. The van der Waals surface area contributed by atoms with Gasteiger partial charge in [-0.05, 0) is 24.3 Å². The second-order valence-electron chi connectivity index (χ2n) is 6.24. The maximum atomic E-state index is 12.4. The molecule has 1 aromatic carbocycles. The molecule has 2 aliphatic rings. The molecule has 136 valence electrons. The van der Waals surface area contributed by atoms with Gasteiger partial charge in [-0.2, -0.15) is 0 Å². The molecular formula is C18H25N3O4. The van der Waals surface area contributed by atoms with Gasteiger partial charge in [0.15, 0.2) is 0 Å². The van der Waals surface area contributed by atoms with E-state index < -0.39 is 0 Å². The Kier molecular flexibility index (Phi) is 5.75. The predicted octanol–water partition coefficient (Wildman–Crippen LogP) is 0.593. The molecule has 0 atom stereocenters. The van der Waals surface area contributed by atoms with E-state index >= 15 is 0 Å². The molecule has 2 aliphatic heterocycles. The van der Waals surface area contributed by atoms with Crippen molar-refractivity contribution in [3.8, 4) is 5.75 Å². The van der Waals surface area contributed by atoms with Crippen molar-refractivity contribution in [2.75, 3.05) is 64.5 Å². The molecule has 7 heteroatoms. The first-order valence-corrected chi connectivity index (χ1v) is 8.69. The van der Waals surface area contributed by atoms with Crippen LogP contribution in [0.25, 0.3) is 0 Å². The summed E-state index contributed by atoms with van der Waals surface area (Å²) in [6.45, 7) is 5.09. The molecule has 0 bridgehead atoms. The van der Waals surface area contributed by atoms with Gasteiger partial charge in [0.1, 0.15) is 12.2 Å². The lowest BCUT2D eigenvalue weighted by atomic mass is 10.2. The first-order chi connectivity index (χ1) is 12.2. The lowest BCUT2D eigenvalue weighted by molar-refractivity contribution is -0.143. The molecule has 0 saturated carbocycles. The van der Waals surface area contributed by atoms with Gasteiger partial charge in [0.2, 0.25) is 11.8 Å². The summed E-state index contributed by atoms with van der Waals surface area (Å²) in [6, 6.07) is 7.93. The first-order valence-electron chi connectivity index (χ1n) is 8.69. The van der Waals surface area contributed by atoms with Crippen molar-refractivity contribution < 1.29 is 19.1 Å². The number of benzene rings is 1. The van der Waals surface area contributed by atoms with Gasteiger partial charge in [-0.1, -0.05) is 0 Å². The molecule has 0 aromatic heterocycles. The molecule has 0 radical (unpaired) electrons. The van der Waals surface area contributed by atoms with E-state index in [1.165, 1.54) is 0 Å². The fraction of sp³-hybridized carbons (Fsp3) is 0.556. The van der Waals surface area contributed by atoms with Crippen LogP contribution in [0.4, 0.5) is 5.69 Å². The van der Waals surface area contributed by atoms with Crippen LogP contribution in [0.5, 0.6) is 5.75 Å². The molecule has 3 rings (SSSR count). The van der Waals surface area contributed by atoms with E-state index in [4.69, 9.17) is 9.47 Å². The maximum absolute atomic E-state index is 12.4. The van der Waals surface area contributed by atoms with E-state index in [9.17, 15) is 9.59 Å². The largest absolute Gasteiger partial charge is 0.497 e. The number of carbonyl (C=O) groups is 2. The molecule has 2 saturated heterocycles. The molecule has 0 N–H and O–H groups in total. The third kappa shape index (κ3) is 4.42. The summed E-state index contributed by atoms with van der Waals surface area (Å²) in [4.78, 5) is 30.3. The standard InChI is InChI=1S/C18H25N3O4/c1-24-16-4-2-15(3-5-16)19-6-8-20(9-7-19)17(22)14-18(23)21-10-12-25-13-11-21/h2-5H,6-14H2,1H3. The third-order valence-electron chi connectivity index (χ3n) is 4.74. The van der Waals surface area contributed by atoms with Crippen LogP contribution >= 0.6 is 0 Å². The van der Waals surface area contributed by atoms with E-state index in [-0.39, 0.29) is 18.2 Å². The molecule has 2 heterocycles. The van der Waals surface area contributed by atoms with E-state index in [0.29, 0.717) is 39.4 Å². The quantitative estimate of drug-likeness (QED) is 0.746. The van der Waals surface area contributed by atoms with Crippen LogP contribution in [-0.2, 0) is 14.3 Å². The number of hydrogen-bond acceptors (Lipinski definition) is 5. The predicted molar refractivity (Wildman–Crippen MR) is 93.8 cm³/mol. The number of carbonyl (C=O) groups excluding carboxylic acids is 2. The molecule has 0 spiro atoms. The fourth-order valence-electron chi connectivity index (χ4n) is 3.17. The van der Waals surface area contributed by atoms with Crippen LogP contribution < -0.4 is 9.64 Å². The minimum absolute atomic E-state index is 0.0392. The van der Waals surface area contributed by atoms with Crippen LogP contribution in [-0.4, -0.2) is 81.2 Å². The Bertz CT molecular complexity index is 591. The number of morpholine rings is 1. The zero-order chi connectivity index (χ0) is 17.6. The summed E-state index contributed by atoms with van der Waals surface area (Å²) in [5.41, 5.74) is 1.12. The zero-order valence-electron chi connectivity index (χ0n) is 14.6. The van der Waals surface area contributed by atoms with Crippen LogP contribution in [0.2, 0.25) is 0 Å². The zero-order valence-corrected chi connectivity index (χ0v) is 14.6. The van der Waals surface area contributed by atoms with Gasteiger partial charge in [0, 0.05) is 45.0 Å². The van der Waals surface area contributed by atoms with E-state index in [0.717, 1.165) is 24.5 Å². The Morgan fingerprint density at radius 1 is 0.920 bits per heavy atom. The fourth-order valence-corrected chi connectivity index (χ4v) is 3.17.